The standard InChI is InChI=1S/C19H20N2O2/c1-19(2)12-14-4-5-15(23-3)10-16(14)17(21-19)11-18(22)13-6-8-20-9-7-13/h4-11,21H,12H2,1-3H3. The molecule has 1 aliphatic rings. The number of ether oxygens (including phenoxy) is 1. The summed E-state index contributed by atoms with van der Waals surface area (Å²) in [5, 5.41) is 3.47. The van der Waals surface area contributed by atoms with E-state index in [1.165, 1.54) is 5.56 Å². The predicted octanol–water partition coefficient (Wildman–Crippen LogP) is 3.24. The van der Waals surface area contributed by atoms with E-state index in [0.717, 1.165) is 23.4 Å². The maximum Gasteiger partial charge on any atom is 0.188 e. The van der Waals surface area contributed by atoms with E-state index >= 15 is 0 Å². The number of ketones is 1. The summed E-state index contributed by atoms with van der Waals surface area (Å²) >= 11 is 0. The number of rotatable bonds is 3. The zero-order chi connectivity index (χ0) is 16.4. The molecule has 0 aliphatic carbocycles. The molecule has 1 aromatic heterocycles. The molecule has 1 aromatic carbocycles. The Labute approximate surface area is 136 Å². The monoisotopic (exact) mass is 308 g/mol. The summed E-state index contributed by atoms with van der Waals surface area (Å²) in [6, 6.07) is 9.45. The Morgan fingerprint density at radius 1 is 1.26 bits per heavy atom. The van der Waals surface area contributed by atoms with E-state index < -0.39 is 0 Å². The number of carbonyl (C=O) groups is 1. The van der Waals surface area contributed by atoms with Crippen molar-refractivity contribution in [2.75, 3.05) is 7.11 Å². The predicted molar refractivity (Wildman–Crippen MR) is 90.5 cm³/mol. The fourth-order valence-electron chi connectivity index (χ4n) is 2.88. The fraction of sp³-hybridized carbons (Fsp3) is 0.263. The largest absolute Gasteiger partial charge is 0.497 e. The van der Waals surface area contributed by atoms with Gasteiger partial charge in [-0.15, -0.1) is 0 Å². The molecular formula is C19H20N2O2. The summed E-state index contributed by atoms with van der Waals surface area (Å²) in [4.78, 5) is 16.5. The van der Waals surface area contributed by atoms with Crippen molar-refractivity contribution in [1.29, 1.82) is 0 Å². The first-order valence-corrected chi connectivity index (χ1v) is 7.60. The Hall–Kier alpha value is -2.62. The van der Waals surface area contributed by atoms with Crippen molar-refractivity contribution < 1.29 is 9.53 Å². The number of carbonyl (C=O) groups excluding carboxylic acids is 1. The number of allylic oxidation sites excluding steroid dienone is 1. The maximum absolute atomic E-state index is 12.5. The van der Waals surface area contributed by atoms with Gasteiger partial charge in [-0.2, -0.15) is 0 Å². The highest BCUT2D eigenvalue weighted by Crippen LogP contribution is 2.32. The molecule has 0 unspecified atom stereocenters. The Balaban J connectivity index is 2.05. The zero-order valence-electron chi connectivity index (χ0n) is 13.6. The number of methoxy groups -OCH3 is 1. The Morgan fingerprint density at radius 3 is 2.70 bits per heavy atom. The molecule has 23 heavy (non-hydrogen) atoms. The second kappa shape index (κ2) is 5.88. The van der Waals surface area contributed by atoms with E-state index in [1.54, 1.807) is 37.7 Å². The molecule has 4 heteroatoms. The van der Waals surface area contributed by atoms with Gasteiger partial charge in [0.2, 0.25) is 0 Å². The van der Waals surface area contributed by atoms with Gasteiger partial charge in [0.15, 0.2) is 5.78 Å². The molecule has 0 radical (unpaired) electrons. The van der Waals surface area contributed by atoms with Crippen LogP contribution < -0.4 is 10.1 Å². The molecule has 0 spiro atoms. The smallest absolute Gasteiger partial charge is 0.188 e. The SMILES string of the molecule is COc1ccc2c(c1)C(=CC(=O)c1ccncc1)NC(C)(C)C2. The van der Waals surface area contributed by atoms with Gasteiger partial charge in [-0.3, -0.25) is 9.78 Å². The summed E-state index contributed by atoms with van der Waals surface area (Å²) < 4.78 is 5.32. The van der Waals surface area contributed by atoms with Crippen LogP contribution in [0, 0.1) is 0 Å². The van der Waals surface area contributed by atoms with Crippen LogP contribution in [0.25, 0.3) is 5.70 Å². The molecule has 0 fully saturated rings. The van der Waals surface area contributed by atoms with E-state index in [4.69, 9.17) is 4.74 Å². The van der Waals surface area contributed by atoms with Gasteiger partial charge < -0.3 is 10.1 Å². The maximum atomic E-state index is 12.5. The second-order valence-corrected chi connectivity index (χ2v) is 6.37. The highest BCUT2D eigenvalue weighted by atomic mass is 16.5. The first-order valence-electron chi connectivity index (χ1n) is 7.60. The van der Waals surface area contributed by atoms with Crippen molar-refractivity contribution in [3.05, 3.63) is 65.5 Å². The van der Waals surface area contributed by atoms with Crippen molar-refractivity contribution in [1.82, 2.24) is 10.3 Å². The van der Waals surface area contributed by atoms with Crippen LogP contribution in [0.5, 0.6) is 5.75 Å². The van der Waals surface area contributed by atoms with Crippen molar-refractivity contribution in [3.63, 3.8) is 0 Å². The highest BCUT2D eigenvalue weighted by Gasteiger charge is 2.28. The molecule has 3 rings (SSSR count). The Kier molecular flexibility index (Phi) is 3.90. The number of pyridine rings is 1. The minimum atomic E-state index is -0.105. The van der Waals surface area contributed by atoms with Crippen LogP contribution in [0.1, 0.15) is 35.3 Å². The molecule has 118 valence electrons. The van der Waals surface area contributed by atoms with Gasteiger partial charge in [-0.1, -0.05) is 6.07 Å². The molecule has 2 aromatic rings. The first-order chi connectivity index (χ1) is 11.0. The van der Waals surface area contributed by atoms with Crippen molar-refractivity contribution in [2.45, 2.75) is 25.8 Å². The van der Waals surface area contributed by atoms with Crippen LogP contribution in [-0.2, 0) is 6.42 Å². The van der Waals surface area contributed by atoms with E-state index in [-0.39, 0.29) is 11.3 Å². The number of nitrogens with one attached hydrogen (secondary N) is 1. The van der Waals surface area contributed by atoms with Crippen molar-refractivity contribution in [3.8, 4) is 5.75 Å². The van der Waals surface area contributed by atoms with E-state index in [2.05, 4.69) is 30.2 Å². The van der Waals surface area contributed by atoms with Gasteiger partial charge >= 0.3 is 0 Å². The van der Waals surface area contributed by atoms with Gasteiger partial charge in [0.1, 0.15) is 5.75 Å². The quantitative estimate of drug-likeness (QED) is 0.698. The van der Waals surface area contributed by atoms with Gasteiger partial charge in [-0.05, 0) is 50.1 Å². The lowest BCUT2D eigenvalue weighted by molar-refractivity contribution is 0.104. The normalized spacial score (nSPS) is 17.3. The number of benzene rings is 1. The van der Waals surface area contributed by atoms with Gasteiger partial charge in [0.25, 0.3) is 0 Å². The van der Waals surface area contributed by atoms with E-state index in [9.17, 15) is 4.79 Å². The minimum Gasteiger partial charge on any atom is -0.497 e. The van der Waals surface area contributed by atoms with Gasteiger partial charge in [-0.25, -0.2) is 0 Å². The van der Waals surface area contributed by atoms with Gasteiger partial charge in [0.05, 0.1) is 7.11 Å². The topological polar surface area (TPSA) is 51.2 Å². The lowest BCUT2D eigenvalue weighted by Crippen LogP contribution is -2.43. The Bertz CT molecular complexity index is 764. The summed E-state index contributed by atoms with van der Waals surface area (Å²) in [5.74, 6) is 0.744. The van der Waals surface area contributed by atoms with Crippen molar-refractivity contribution in [2.24, 2.45) is 0 Å². The minimum absolute atomic E-state index is 0.0404. The molecule has 0 bridgehead atoms. The molecular weight excluding hydrogens is 288 g/mol. The molecule has 1 N–H and O–H groups in total. The van der Waals surface area contributed by atoms with Crippen LogP contribution in [0.3, 0.4) is 0 Å². The second-order valence-electron chi connectivity index (χ2n) is 6.37. The number of hydrogen-bond acceptors (Lipinski definition) is 4. The average molecular weight is 308 g/mol. The van der Waals surface area contributed by atoms with Gasteiger partial charge in [0, 0.05) is 40.8 Å². The number of hydrogen-bond donors (Lipinski definition) is 1. The summed E-state index contributed by atoms with van der Waals surface area (Å²) in [6.45, 7) is 4.26. The molecule has 0 atom stereocenters. The molecule has 0 saturated heterocycles. The molecule has 2 heterocycles. The average Bonchev–Trinajstić information content (AvgIpc) is 2.54. The van der Waals surface area contributed by atoms with Crippen LogP contribution in [0.15, 0.2) is 48.8 Å². The third-order valence-electron chi connectivity index (χ3n) is 3.95. The zero-order valence-corrected chi connectivity index (χ0v) is 13.6. The highest BCUT2D eigenvalue weighted by molar-refractivity contribution is 6.08. The lowest BCUT2D eigenvalue weighted by Gasteiger charge is -2.35. The van der Waals surface area contributed by atoms with E-state index in [1.807, 2.05) is 12.1 Å². The van der Waals surface area contributed by atoms with Crippen LogP contribution >= 0.6 is 0 Å². The molecule has 1 aliphatic heterocycles. The van der Waals surface area contributed by atoms with Crippen LogP contribution in [-0.4, -0.2) is 23.4 Å². The summed E-state index contributed by atoms with van der Waals surface area (Å²) in [6.07, 6.45) is 5.81. The Morgan fingerprint density at radius 2 is 2.00 bits per heavy atom. The summed E-state index contributed by atoms with van der Waals surface area (Å²) in [7, 11) is 1.65. The summed E-state index contributed by atoms with van der Waals surface area (Å²) in [5.41, 5.74) is 3.58. The molecule has 0 saturated carbocycles. The third-order valence-corrected chi connectivity index (χ3v) is 3.95. The third kappa shape index (κ3) is 3.26. The van der Waals surface area contributed by atoms with Crippen molar-refractivity contribution >= 4 is 11.5 Å². The fourth-order valence-corrected chi connectivity index (χ4v) is 2.88. The van der Waals surface area contributed by atoms with Crippen LogP contribution in [0.2, 0.25) is 0 Å². The van der Waals surface area contributed by atoms with Crippen LogP contribution in [0.4, 0.5) is 0 Å². The first kappa shape index (κ1) is 15.3. The number of aromatic nitrogens is 1. The molecule has 0 amide bonds. The number of nitrogens with zero attached hydrogens (tertiary/aromatic N) is 1. The molecule has 4 nitrogen and oxygen atoms in total. The van der Waals surface area contributed by atoms with E-state index in [0.29, 0.717) is 5.56 Å². The number of fused-ring (bicyclic) bond motifs is 1. The lowest BCUT2D eigenvalue weighted by atomic mass is 9.85.